The van der Waals surface area contributed by atoms with E-state index in [1.165, 1.54) is 17.7 Å². The van der Waals surface area contributed by atoms with Crippen molar-refractivity contribution in [3.05, 3.63) is 53.6 Å². The lowest BCUT2D eigenvalue weighted by Crippen LogP contribution is -2.30. The molecular formula is C18H18F3N. The summed E-state index contributed by atoms with van der Waals surface area (Å²) in [4.78, 5) is 0. The van der Waals surface area contributed by atoms with E-state index in [1.807, 2.05) is 12.1 Å². The van der Waals surface area contributed by atoms with Gasteiger partial charge in [-0.15, -0.1) is 0 Å². The van der Waals surface area contributed by atoms with Gasteiger partial charge in [-0.25, -0.2) is 0 Å². The maximum atomic E-state index is 12.6. The van der Waals surface area contributed by atoms with Crippen molar-refractivity contribution in [1.82, 2.24) is 0 Å². The molecule has 0 atom stereocenters. The smallest absolute Gasteiger partial charge is 0.384 e. The van der Waals surface area contributed by atoms with E-state index in [4.69, 9.17) is 0 Å². The van der Waals surface area contributed by atoms with Gasteiger partial charge in [-0.1, -0.05) is 32.0 Å². The molecule has 0 fully saturated rings. The number of hydrogen-bond donors (Lipinski definition) is 1. The summed E-state index contributed by atoms with van der Waals surface area (Å²) in [6.07, 6.45) is -3.33. The summed E-state index contributed by atoms with van der Waals surface area (Å²) in [5.74, 6) is 0. The van der Waals surface area contributed by atoms with E-state index in [9.17, 15) is 13.2 Å². The average molecular weight is 305 g/mol. The van der Waals surface area contributed by atoms with Crippen LogP contribution < -0.4 is 5.32 Å². The molecule has 0 radical (unpaired) electrons. The first-order chi connectivity index (χ1) is 10.2. The van der Waals surface area contributed by atoms with Crippen molar-refractivity contribution in [3.8, 4) is 11.1 Å². The minimum absolute atomic E-state index is 0.186. The van der Waals surface area contributed by atoms with Crippen LogP contribution in [0.2, 0.25) is 0 Å². The molecule has 0 bridgehead atoms. The Bertz CT molecular complexity index is 684. The van der Waals surface area contributed by atoms with E-state index in [2.05, 4.69) is 25.2 Å². The highest BCUT2D eigenvalue weighted by atomic mass is 19.4. The molecule has 0 aliphatic carbocycles. The Morgan fingerprint density at radius 3 is 2.23 bits per heavy atom. The van der Waals surface area contributed by atoms with E-state index in [0.29, 0.717) is 0 Å². The van der Waals surface area contributed by atoms with Crippen LogP contribution in [0.3, 0.4) is 0 Å². The van der Waals surface area contributed by atoms with Crippen molar-refractivity contribution < 1.29 is 13.2 Å². The summed E-state index contributed by atoms with van der Waals surface area (Å²) < 4.78 is 37.9. The van der Waals surface area contributed by atoms with Crippen molar-refractivity contribution in [3.63, 3.8) is 0 Å². The molecule has 2 aromatic carbocycles. The minimum Gasteiger partial charge on any atom is -0.384 e. The van der Waals surface area contributed by atoms with Gasteiger partial charge in [0.15, 0.2) is 0 Å². The molecule has 0 saturated heterocycles. The van der Waals surface area contributed by atoms with Crippen LogP contribution in [0.1, 0.15) is 25.0 Å². The molecule has 2 aromatic rings. The molecule has 3 rings (SSSR count). The fraction of sp³-hybridized carbons (Fsp3) is 0.333. The van der Waals surface area contributed by atoms with Gasteiger partial charge in [0.1, 0.15) is 0 Å². The first-order valence-corrected chi connectivity index (χ1v) is 7.29. The van der Waals surface area contributed by atoms with Crippen molar-refractivity contribution in [2.75, 3.05) is 11.9 Å². The van der Waals surface area contributed by atoms with Gasteiger partial charge < -0.3 is 5.32 Å². The molecule has 116 valence electrons. The third-order valence-corrected chi connectivity index (χ3v) is 4.08. The summed E-state index contributed by atoms with van der Waals surface area (Å²) in [5, 5.41) is 3.41. The Kier molecular flexibility index (Phi) is 3.42. The fourth-order valence-corrected chi connectivity index (χ4v) is 2.86. The van der Waals surface area contributed by atoms with E-state index in [0.717, 1.165) is 41.9 Å². The lowest BCUT2D eigenvalue weighted by Gasteiger charge is -2.32. The maximum absolute atomic E-state index is 12.6. The predicted molar refractivity (Wildman–Crippen MR) is 82.9 cm³/mol. The molecule has 0 saturated carbocycles. The Labute approximate surface area is 128 Å². The van der Waals surface area contributed by atoms with Crippen molar-refractivity contribution >= 4 is 5.69 Å². The number of rotatable bonds is 1. The SMILES string of the molecule is CC1(C)CNc2ccc(-c3ccc(C(F)(F)F)cc3)cc2C1. The minimum atomic E-state index is -4.29. The topological polar surface area (TPSA) is 12.0 Å². The Morgan fingerprint density at radius 1 is 0.955 bits per heavy atom. The third-order valence-electron chi connectivity index (χ3n) is 4.08. The Hall–Kier alpha value is -1.97. The number of alkyl halides is 3. The van der Waals surface area contributed by atoms with Crippen molar-refractivity contribution in [2.45, 2.75) is 26.4 Å². The largest absolute Gasteiger partial charge is 0.416 e. The normalized spacial score (nSPS) is 16.8. The summed E-state index contributed by atoms with van der Waals surface area (Å²) in [7, 11) is 0. The second-order valence-electron chi connectivity index (χ2n) is 6.64. The van der Waals surface area contributed by atoms with Gasteiger partial charge in [0, 0.05) is 12.2 Å². The summed E-state index contributed by atoms with van der Waals surface area (Å²) >= 11 is 0. The number of anilines is 1. The van der Waals surface area contributed by atoms with Crippen LogP contribution in [-0.4, -0.2) is 6.54 Å². The highest BCUT2D eigenvalue weighted by Crippen LogP contribution is 2.36. The molecule has 4 heteroatoms. The number of nitrogens with one attached hydrogen (secondary N) is 1. The molecule has 22 heavy (non-hydrogen) atoms. The van der Waals surface area contributed by atoms with E-state index in [-0.39, 0.29) is 5.41 Å². The molecule has 0 spiro atoms. The van der Waals surface area contributed by atoms with Gasteiger partial charge in [-0.05, 0) is 52.8 Å². The molecule has 0 amide bonds. The standard InChI is InChI=1S/C18H18F3N/c1-17(2)10-14-9-13(5-8-16(14)22-11-17)12-3-6-15(7-4-12)18(19,20)21/h3-9,22H,10-11H2,1-2H3. The summed E-state index contributed by atoms with van der Waals surface area (Å²) in [6.45, 7) is 5.33. The zero-order valence-corrected chi connectivity index (χ0v) is 12.6. The van der Waals surface area contributed by atoms with Crippen LogP contribution in [0, 0.1) is 5.41 Å². The second kappa shape index (κ2) is 5.04. The lowest BCUT2D eigenvalue weighted by molar-refractivity contribution is -0.137. The van der Waals surface area contributed by atoms with E-state index >= 15 is 0 Å². The highest BCUT2D eigenvalue weighted by molar-refractivity contribution is 5.69. The van der Waals surface area contributed by atoms with Gasteiger partial charge in [0.05, 0.1) is 5.56 Å². The summed E-state index contributed by atoms with van der Waals surface area (Å²) in [5.41, 5.74) is 3.66. The van der Waals surface area contributed by atoms with E-state index < -0.39 is 11.7 Å². The average Bonchev–Trinajstić information content (AvgIpc) is 2.45. The molecule has 1 aliphatic heterocycles. The van der Waals surface area contributed by atoms with Crippen LogP contribution in [0.25, 0.3) is 11.1 Å². The van der Waals surface area contributed by atoms with Crippen LogP contribution >= 0.6 is 0 Å². The number of hydrogen-bond acceptors (Lipinski definition) is 1. The quantitative estimate of drug-likeness (QED) is 0.747. The molecule has 0 unspecified atom stereocenters. The third kappa shape index (κ3) is 2.96. The van der Waals surface area contributed by atoms with Gasteiger partial charge in [0.25, 0.3) is 0 Å². The first kappa shape index (κ1) is 14.9. The van der Waals surface area contributed by atoms with Gasteiger partial charge in [-0.2, -0.15) is 13.2 Å². The zero-order valence-electron chi connectivity index (χ0n) is 12.6. The summed E-state index contributed by atoms with van der Waals surface area (Å²) in [6, 6.07) is 11.4. The number of halogens is 3. The molecule has 1 nitrogen and oxygen atoms in total. The van der Waals surface area contributed by atoms with Crippen LogP contribution in [0.15, 0.2) is 42.5 Å². The molecular weight excluding hydrogens is 287 g/mol. The van der Waals surface area contributed by atoms with Crippen molar-refractivity contribution in [1.29, 1.82) is 0 Å². The number of benzene rings is 2. The monoisotopic (exact) mass is 305 g/mol. The molecule has 1 N–H and O–H groups in total. The highest BCUT2D eigenvalue weighted by Gasteiger charge is 2.30. The van der Waals surface area contributed by atoms with Gasteiger partial charge >= 0.3 is 6.18 Å². The fourth-order valence-electron chi connectivity index (χ4n) is 2.86. The maximum Gasteiger partial charge on any atom is 0.416 e. The Morgan fingerprint density at radius 2 is 1.59 bits per heavy atom. The lowest BCUT2D eigenvalue weighted by atomic mass is 9.81. The molecule has 1 aliphatic rings. The predicted octanol–water partition coefficient (Wildman–Crippen LogP) is 5.37. The second-order valence-corrected chi connectivity index (χ2v) is 6.64. The molecule has 0 aromatic heterocycles. The van der Waals surface area contributed by atoms with Crippen LogP contribution in [0.5, 0.6) is 0 Å². The van der Waals surface area contributed by atoms with Crippen LogP contribution in [0.4, 0.5) is 18.9 Å². The number of fused-ring (bicyclic) bond motifs is 1. The van der Waals surface area contributed by atoms with Gasteiger partial charge in [0.2, 0.25) is 0 Å². The Balaban J connectivity index is 1.93. The van der Waals surface area contributed by atoms with Crippen molar-refractivity contribution in [2.24, 2.45) is 5.41 Å². The zero-order chi connectivity index (χ0) is 16.0. The van der Waals surface area contributed by atoms with E-state index in [1.54, 1.807) is 0 Å². The molecule has 1 heterocycles. The first-order valence-electron chi connectivity index (χ1n) is 7.29. The van der Waals surface area contributed by atoms with Gasteiger partial charge in [-0.3, -0.25) is 0 Å². The van der Waals surface area contributed by atoms with Crippen LogP contribution in [-0.2, 0) is 12.6 Å².